The maximum atomic E-state index is 12.3. The Kier molecular flexibility index (Phi) is 4.64. The second-order valence-corrected chi connectivity index (χ2v) is 7.33. The first-order valence-corrected chi connectivity index (χ1v) is 9.27. The van der Waals surface area contributed by atoms with Crippen molar-refractivity contribution < 1.29 is 9.90 Å². The van der Waals surface area contributed by atoms with Crippen LogP contribution in [-0.2, 0) is 11.2 Å². The molecule has 1 unspecified atom stereocenters. The predicted molar refractivity (Wildman–Crippen MR) is 92.8 cm³/mol. The van der Waals surface area contributed by atoms with E-state index in [-0.39, 0.29) is 5.91 Å². The summed E-state index contributed by atoms with van der Waals surface area (Å²) in [4.78, 5) is 14.7. The zero-order valence-electron chi connectivity index (χ0n) is 13.1. The lowest BCUT2D eigenvalue weighted by molar-refractivity contribution is -0.131. The van der Waals surface area contributed by atoms with E-state index < -0.39 is 5.60 Å². The molecule has 0 bridgehead atoms. The molecule has 1 aromatic carbocycles. The van der Waals surface area contributed by atoms with Crippen molar-refractivity contribution in [3.63, 3.8) is 0 Å². The maximum absolute atomic E-state index is 12.3. The number of nitrogens with zero attached hydrogens (tertiary/aromatic N) is 1. The molecule has 0 spiro atoms. The number of thioether (sulfide) groups is 1. The van der Waals surface area contributed by atoms with E-state index in [4.69, 9.17) is 0 Å². The molecule has 0 aromatic heterocycles. The van der Waals surface area contributed by atoms with Crippen LogP contribution in [0.2, 0.25) is 0 Å². The quantitative estimate of drug-likeness (QED) is 0.876. The van der Waals surface area contributed by atoms with Crippen LogP contribution < -0.4 is 10.2 Å². The van der Waals surface area contributed by atoms with Crippen molar-refractivity contribution in [1.29, 1.82) is 0 Å². The summed E-state index contributed by atoms with van der Waals surface area (Å²) in [6, 6.07) is 6.11. The van der Waals surface area contributed by atoms with Crippen LogP contribution >= 0.6 is 11.8 Å². The fraction of sp³-hybridized carbons (Fsp3) is 0.588. The number of benzene rings is 1. The Labute approximate surface area is 136 Å². The minimum atomic E-state index is -1.20. The molecule has 2 aliphatic heterocycles. The standard InChI is InChI=1S/C17H24N2O2S/c1-2-3-8-19-9-6-13-4-5-14(11-15(13)19)18-16(20)17(21)7-10-22-12-17/h4-5,11,21H,2-3,6-10,12H2,1H3,(H,18,20). The van der Waals surface area contributed by atoms with E-state index in [1.165, 1.54) is 24.1 Å². The van der Waals surface area contributed by atoms with Crippen LogP contribution in [0.4, 0.5) is 11.4 Å². The van der Waals surface area contributed by atoms with E-state index in [0.29, 0.717) is 12.2 Å². The molecule has 2 heterocycles. The first-order valence-electron chi connectivity index (χ1n) is 8.12. The van der Waals surface area contributed by atoms with Gasteiger partial charge in [-0.05, 0) is 42.7 Å². The Morgan fingerprint density at radius 2 is 2.36 bits per heavy atom. The molecule has 0 aliphatic carbocycles. The SMILES string of the molecule is CCCCN1CCc2ccc(NC(=O)C3(O)CCSC3)cc21. The molecular weight excluding hydrogens is 296 g/mol. The topological polar surface area (TPSA) is 52.6 Å². The molecule has 1 fully saturated rings. The average molecular weight is 320 g/mol. The zero-order valence-corrected chi connectivity index (χ0v) is 13.9. The van der Waals surface area contributed by atoms with Gasteiger partial charge in [-0.15, -0.1) is 0 Å². The van der Waals surface area contributed by atoms with E-state index in [9.17, 15) is 9.90 Å². The Morgan fingerprint density at radius 3 is 3.09 bits per heavy atom. The Balaban J connectivity index is 1.72. The molecule has 0 saturated carbocycles. The van der Waals surface area contributed by atoms with Crippen molar-refractivity contribution in [2.24, 2.45) is 0 Å². The Bertz CT molecular complexity index is 556. The first-order chi connectivity index (χ1) is 10.6. The number of hydrogen-bond acceptors (Lipinski definition) is 4. The van der Waals surface area contributed by atoms with Gasteiger partial charge < -0.3 is 15.3 Å². The molecule has 5 heteroatoms. The highest BCUT2D eigenvalue weighted by Crippen LogP contribution is 2.33. The molecule has 1 amide bonds. The van der Waals surface area contributed by atoms with Crippen LogP contribution in [0.15, 0.2) is 18.2 Å². The number of rotatable bonds is 5. The molecule has 120 valence electrons. The fourth-order valence-corrected chi connectivity index (χ4v) is 4.32. The van der Waals surface area contributed by atoms with Gasteiger partial charge in [0.25, 0.3) is 5.91 Å². The van der Waals surface area contributed by atoms with E-state index in [1.54, 1.807) is 11.8 Å². The van der Waals surface area contributed by atoms with Gasteiger partial charge >= 0.3 is 0 Å². The normalized spacial score (nSPS) is 23.6. The van der Waals surface area contributed by atoms with Gasteiger partial charge in [0.05, 0.1) is 0 Å². The Morgan fingerprint density at radius 1 is 1.50 bits per heavy atom. The number of amides is 1. The summed E-state index contributed by atoms with van der Waals surface area (Å²) in [6.45, 7) is 4.34. The van der Waals surface area contributed by atoms with Crippen LogP contribution in [0.3, 0.4) is 0 Å². The second kappa shape index (κ2) is 6.50. The lowest BCUT2D eigenvalue weighted by Crippen LogP contribution is -2.42. The molecule has 2 aliphatic rings. The van der Waals surface area contributed by atoms with Crippen LogP contribution in [0, 0.1) is 0 Å². The monoisotopic (exact) mass is 320 g/mol. The lowest BCUT2D eigenvalue weighted by atomic mass is 10.0. The molecular formula is C17H24N2O2S. The summed E-state index contributed by atoms with van der Waals surface area (Å²) in [7, 11) is 0. The molecule has 1 aromatic rings. The highest BCUT2D eigenvalue weighted by molar-refractivity contribution is 7.99. The number of fused-ring (bicyclic) bond motifs is 1. The number of anilines is 2. The minimum absolute atomic E-state index is 0.268. The van der Waals surface area contributed by atoms with Gasteiger partial charge in [-0.3, -0.25) is 4.79 Å². The highest BCUT2D eigenvalue weighted by Gasteiger charge is 2.39. The summed E-state index contributed by atoms with van der Waals surface area (Å²) >= 11 is 1.63. The van der Waals surface area contributed by atoms with Gasteiger partial charge in [-0.1, -0.05) is 19.4 Å². The van der Waals surface area contributed by atoms with E-state index in [1.807, 2.05) is 6.07 Å². The van der Waals surface area contributed by atoms with Crippen LogP contribution in [0.5, 0.6) is 0 Å². The van der Waals surface area contributed by atoms with Crippen molar-refractivity contribution in [3.05, 3.63) is 23.8 Å². The molecule has 22 heavy (non-hydrogen) atoms. The smallest absolute Gasteiger partial charge is 0.257 e. The van der Waals surface area contributed by atoms with Gasteiger partial charge in [-0.2, -0.15) is 11.8 Å². The number of carbonyl (C=O) groups excluding carboxylic acids is 1. The third-order valence-corrected chi connectivity index (χ3v) is 5.71. The van der Waals surface area contributed by atoms with Crippen molar-refractivity contribution in [2.45, 2.75) is 38.2 Å². The van der Waals surface area contributed by atoms with Crippen LogP contribution in [0.25, 0.3) is 0 Å². The van der Waals surface area contributed by atoms with Gasteiger partial charge in [0, 0.05) is 30.2 Å². The van der Waals surface area contributed by atoms with E-state index >= 15 is 0 Å². The average Bonchev–Trinajstić information content (AvgIpc) is 3.12. The van der Waals surface area contributed by atoms with Crippen molar-refractivity contribution in [3.8, 4) is 0 Å². The van der Waals surface area contributed by atoms with Gasteiger partial charge in [-0.25, -0.2) is 0 Å². The maximum Gasteiger partial charge on any atom is 0.257 e. The third kappa shape index (κ3) is 3.10. The summed E-state index contributed by atoms with van der Waals surface area (Å²) in [5, 5.41) is 13.2. The summed E-state index contributed by atoms with van der Waals surface area (Å²) in [6.07, 6.45) is 3.99. The van der Waals surface area contributed by atoms with E-state index in [0.717, 1.165) is 31.0 Å². The summed E-state index contributed by atoms with van der Waals surface area (Å²) < 4.78 is 0. The Hall–Kier alpha value is -1.20. The predicted octanol–water partition coefficient (Wildman–Crippen LogP) is 2.66. The van der Waals surface area contributed by atoms with Crippen LogP contribution in [-0.4, -0.2) is 41.2 Å². The summed E-state index contributed by atoms with van der Waals surface area (Å²) in [5.41, 5.74) is 2.17. The summed E-state index contributed by atoms with van der Waals surface area (Å²) in [5.74, 6) is 1.07. The van der Waals surface area contributed by atoms with Gasteiger partial charge in [0.2, 0.25) is 0 Å². The fourth-order valence-electron chi connectivity index (χ4n) is 3.09. The number of nitrogens with one attached hydrogen (secondary N) is 1. The molecule has 3 rings (SSSR count). The number of carbonyl (C=O) groups is 1. The lowest BCUT2D eigenvalue weighted by Gasteiger charge is -2.22. The van der Waals surface area contributed by atoms with Crippen molar-refractivity contribution >= 4 is 29.0 Å². The largest absolute Gasteiger partial charge is 0.379 e. The zero-order chi connectivity index (χ0) is 15.6. The van der Waals surface area contributed by atoms with Crippen molar-refractivity contribution in [1.82, 2.24) is 0 Å². The first kappa shape index (κ1) is 15.7. The van der Waals surface area contributed by atoms with Crippen LogP contribution in [0.1, 0.15) is 31.7 Å². The number of hydrogen-bond donors (Lipinski definition) is 2. The molecule has 0 radical (unpaired) electrons. The number of unbranched alkanes of at least 4 members (excludes halogenated alkanes) is 1. The van der Waals surface area contributed by atoms with Gasteiger partial charge in [0.1, 0.15) is 0 Å². The molecule has 2 N–H and O–H groups in total. The van der Waals surface area contributed by atoms with Crippen molar-refractivity contribution in [2.75, 3.05) is 34.8 Å². The minimum Gasteiger partial charge on any atom is -0.379 e. The number of aliphatic hydroxyl groups is 1. The molecule has 1 atom stereocenters. The van der Waals surface area contributed by atoms with Gasteiger partial charge in [0.15, 0.2) is 5.60 Å². The molecule has 1 saturated heterocycles. The second-order valence-electron chi connectivity index (χ2n) is 6.22. The van der Waals surface area contributed by atoms with E-state index in [2.05, 4.69) is 29.3 Å². The highest BCUT2D eigenvalue weighted by atomic mass is 32.2. The third-order valence-electron chi connectivity index (χ3n) is 4.54. The molecule has 4 nitrogen and oxygen atoms in total.